The number of rotatable bonds is 11. The largest absolute Gasteiger partial charge is 0.491 e. The molecule has 0 spiro atoms. The van der Waals surface area contributed by atoms with Gasteiger partial charge >= 0.3 is 0 Å². The van der Waals surface area contributed by atoms with Crippen LogP contribution in [-0.2, 0) is 17.7 Å². The van der Waals surface area contributed by atoms with E-state index in [1.165, 1.54) is 23.3 Å². The van der Waals surface area contributed by atoms with Gasteiger partial charge in [-0.15, -0.1) is 12.4 Å². The van der Waals surface area contributed by atoms with Crippen LogP contribution < -0.4 is 10.1 Å². The number of aromatic nitrogens is 2. The summed E-state index contributed by atoms with van der Waals surface area (Å²) in [5.74, 6) is 1.37. The summed E-state index contributed by atoms with van der Waals surface area (Å²) < 4.78 is 13.3. The molecule has 1 N–H and O–H groups in total. The summed E-state index contributed by atoms with van der Waals surface area (Å²) in [7, 11) is 0. The SMILES string of the molecule is C1=Cc2cccc(OCC3CNCCO3)c2C1.CCN(CC)Cc1nccn1-c1ccc([N+](=O)[O-])cc1C(=O)c1ccccc1Cl.Cl. The van der Waals surface area contributed by atoms with Crippen molar-refractivity contribution in [2.45, 2.75) is 32.9 Å². The molecule has 0 amide bonds. The fourth-order valence-corrected chi connectivity index (χ4v) is 5.67. The zero-order chi connectivity index (χ0) is 32.5. The number of ketones is 1. The number of imidazole rings is 1. The molecule has 1 atom stereocenters. The molecule has 0 saturated carbocycles. The quantitative estimate of drug-likeness (QED) is 0.108. The molecule has 0 radical (unpaired) electrons. The molecule has 1 aromatic heterocycles. The smallest absolute Gasteiger partial charge is 0.270 e. The van der Waals surface area contributed by atoms with Crippen LogP contribution in [0.25, 0.3) is 11.8 Å². The lowest BCUT2D eigenvalue weighted by Gasteiger charge is -2.24. The zero-order valence-electron chi connectivity index (χ0n) is 26.4. The van der Waals surface area contributed by atoms with Crippen LogP contribution in [0.2, 0.25) is 5.02 Å². The molecule has 248 valence electrons. The van der Waals surface area contributed by atoms with E-state index in [0.29, 0.717) is 29.4 Å². The van der Waals surface area contributed by atoms with Crippen LogP contribution in [0, 0.1) is 10.1 Å². The van der Waals surface area contributed by atoms with Crippen LogP contribution in [0.1, 0.15) is 46.7 Å². The van der Waals surface area contributed by atoms with Crippen LogP contribution in [-0.4, -0.2) is 70.7 Å². The Kier molecular flexibility index (Phi) is 13.1. The van der Waals surface area contributed by atoms with Crippen molar-refractivity contribution in [3.8, 4) is 11.4 Å². The highest BCUT2D eigenvalue weighted by Crippen LogP contribution is 2.29. The van der Waals surface area contributed by atoms with Crippen molar-refractivity contribution in [2.24, 2.45) is 0 Å². The van der Waals surface area contributed by atoms with E-state index in [2.05, 4.69) is 47.3 Å². The first kappa shape index (κ1) is 35.8. The number of allylic oxidation sites excluding steroid dienone is 1. The molecule has 0 bridgehead atoms. The summed E-state index contributed by atoms with van der Waals surface area (Å²) in [4.78, 5) is 30.7. The van der Waals surface area contributed by atoms with E-state index < -0.39 is 4.92 Å². The maximum absolute atomic E-state index is 13.3. The van der Waals surface area contributed by atoms with Gasteiger partial charge in [0.15, 0.2) is 5.78 Å². The highest BCUT2D eigenvalue weighted by atomic mass is 35.5. The van der Waals surface area contributed by atoms with Gasteiger partial charge in [0, 0.05) is 48.7 Å². The van der Waals surface area contributed by atoms with E-state index in [1.54, 1.807) is 47.3 Å². The number of nitro benzene ring substituents is 1. The molecule has 1 aliphatic heterocycles. The molecule has 47 heavy (non-hydrogen) atoms. The van der Waals surface area contributed by atoms with Crippen molar-refractivity contribution >= 4 is 41.6 Å². The van der Waals surface area contributed by atoms with Gasteiger partial charge in [0.05, 0.1) is 34.3 Å². The van der Waals surface area contributed by atoms with Gasteiger partial charge in [-0.25, -0.2) is 4.98 Å². The minimum atomic E-state index is -0.516. The lowest BCUT2D eigenvalue weighted by Crippen LogP contribution is -2.41. The molecule has 3 aromatic carbocycles. The Morgan fingerprint density at radius 1 is 1.15 bits per heavy atom. The van der Waals surface area contributed by atoms with Crippen molar-refractivity contribution in [3.05, 3.63) is 122 Å². The van der Waals surface area contributed by atoms with Gasteiger partial charge in [-0.1, -0.05) is 61.9 Å². The molecule has 2 aliphatic rings. The minimum Gasteiger partial charge on any atom is -0.491 e. The first-order valence-corrected chi connectivity index (χ1v) is 15.8. The number of hydrogen-bond acceptors (Lipinski definition) is 8. The molecule has 1 saturated heterocycles. The van der Waals surface area contributed by atoms with Gasteiger partial charge in [0.2, 0.25) is 0 Å². The molecular formula is C35H39Cl2N5O5. The van der Waals surface area contributed by atoms with Gasteiger partial charge in [0.1, 0.15) is 24.3 Å². The van der Waals surface area contributed by atoms with Gasteiger partial charge in [-0.3, -0.25) is 19.8 Å². The lowest BCUT2D eigenvalue weighted by atomic mass is 10.0. The Labute approximate surface area is 285 Å². The second-order valence-electron chi connectivity index (χ2n) is 10.9. The standard InChI is InChI=1S/C21H21ClN4O3.C14H17NO2.ClH/c1-3-24(4-2)14-20-23-11-12-25(20)19-10-9-15(26(28)29)13-17(19)21(27)16-7-5-6-8-18(16)22;1-3-11-4-2-6-14(13(11)5-1)17-10-12-9-15-7-8-16-12;/h5-13H,3-4,14H2,1-2H3;1-4,6,12,15H,5,7-10H2;1H. The Morgan fingerprint density at radius 3 is 2.68 bits per heavy atom. The Balaban J connectivity index is 0.000000236. The van der Waals surface area contributed by atoms with Crippen molar-refractivity contribution in [1.29, 1.82) is 0 Å². The van der Waals surface area contributed by atoms with Crippen LogP contribution >= 0.6 is 24.0 Å². The van der Waals surface area contributed by atoms with Crippen molar-refractivity contribution in [1.82, 2.24) is 19.8 Å². The number of fused-ring (bicyclic) bond motifs is 1. The van der Waals surface area contributed by atoms with E-state index in [4.69, 9.17) is 21.1 Å². The number of benzene rings is 3. The average Bonchev–Trinajstić information content (AvgIpc) is 3.77. The number of carbonyl (C=O) groups is 1. The number of morpholine rings is 1. The fourth-order valence-electron chi connectivity index (χ4n) is 5.44. The van der Waals surface area contributed by atoms with Crippen molar-refractivity contribution in [2.75, 3.05) is 39.4 Å². The van der Waals surface area contributed by atoms with E-state index >= 15 is 0 Å². The summed E-state index contributed by atoms with van der Waals surface area (Å²) >= 11 is 6.21. The van der Waals surface area contributed by atoms with Crippen LogP contribution in [0.4, 0.5) is 5.69 Å². The predicted octanol–water partition coefficient (Wildman–Crippen LogP) is 6.55. The lowest BCUT2D eigenvalue weighted by molar-refractivity contribution is -0.384. The molecule has 2 heterocycles. The summed E-state index contributed by atoms with van der Waals surface area (Å²) in [6, 6.07) is 17.1. The van der Waals surface area contributed by atoms with E-state index in [9.17, 15) is 14.9 Å². The topological polar surface area (TPSA) is 112 Å². The highest BCUT2D eigenvalue weighted by molar-refractivity contribution is 6.35. The molecule has 4 aromatic rings. The second kappa shape index (κ2) is 17.2. The Bertz CT molecular complexity index is 1700. The highest BCUT2D eigenvalue weighted by Gasteiger charge is 2.22. The van der Waals surface area contributed by atoms with Crippen LogP contribution in [0.5, 0.6) is 5.75 Å². The third-order valence-corrected chi connectivity index (χ3v) is 8.34. The Morgan fingerprint density at radius 2 is 1.96 bits per heavy atom. The van der Waals surface area contributed by atoms with Crippen LogP contribution in [0.15, 0.2) is 79.1 Å². The molecule has 1 aliphatic carbocycles. The summed E-state index contributed by atoms with van der Waals surface area (Å²) in [5, 5.41) is 14.9. The number of carbonyl (C=O) groups excluding carboxylic acids is 1. The fraction of sp³-hybridized carbons (Fsp3) is 0.314. The first-order chi connectivity index (χ1) is 22.4. The molecular weight excluding hydrogens is 641 g/mol. The number of ether oxygens (including phenoxy) is 2. The monoisotopic (exact) mass is 679 g/mol. The minimum absolute atomic E-state index is 0. The number of hydrogen-bond donors (Lipinski definition) is 1. The number of nitro groups is 1. The summed E-state index contributed by atoms with van der Waals surface area (Å²) in [6.07, 6.45) is 8.90. The molecule has 12 heteroatoms. The van der Waals surface area contributed by atoms with E-state index in [0.717, 1.165) is 50.8 Å². The molecule has 6 rings (SSSR count). The predicted molar refractivity (Wildman–Crippen MR) is 186 cm³/mol. The first-order valence-electron chi connectivity index (χ1n) is 15.5. The van der Waals surface area contributed by atoms with Crippen LogP contribution in [0.3, 0.4) is 0 Å². The third-order valence-electron chi connectivity index (χ3n) is 8.01. The number of halogens is 2. The van der Waals surface area contributed by atoms with Crippen molar-refractivity contribution in [3.63, 3.8) is 0 Å². The van der Waals surface area contributed by atoms with E-state index in [1.807, 2.05) is 12.1 Å². The average molecular weight is 681 g/mol. The summed E-state index contributed by atoms with van der Waals surface area (Å²) in [5.41, 5.74) is 3.45. The summed E-state index contributed by atoms with van der Waals surface area (Å²) in [6.45, 7) is 9.67. The van der Waals surface area contributed by atoms with Gasteiger partial charge in [-0.2, -0.15) is 0 Å². The number of nitrogens with zero attached hydrogens (tertiary/aromatic N) is 4. The molecule has 1 fully saturated rings. The third kappa shape index (κ3) is 8.85. The normalized spacial score (nSPS) is 14.9. The van der Waals surface area contributed by atoms with Crippen molar-refractivity contribution < 1.29 is 19.2 Å². The molecule has 10 nitrogen and oxygen atoms in total. The van der Waals surface area contributed by atoms with E-state index in [-0.39, 0.29) is 35.5 Å². The van der Waals surface area contributed by atoms with Gasteiger partial charge in [-0.05, 0) is 49.3 Å². The van der Waals surface area contributed by atoms with Gasteiger partial charge in [0.25, 0.3) is 5.69 Å². The van der Waals surface area contributed by atoms with Gasteiger partial charge < -0.3 is 19.4 Å². The second-order valence-corrected chi connectivity index (χ2v) is 11.3. The maximum Gasteiger partial charge on any atom is 0.270 e. The number of nitrogens with one attached hydrogen (secondary N) is 1. The number of non-ortho nitro benzene ring substituents is 1. The maximum atomic E-state index is 13.3. The zero-order valence-corrected chi connectivity index (χ0v) is 28.0. The molecule has 1 unspecified atom stereocenters. The Hall–Kier alpha value is -4.06.